The van der Waals surface area contributed by atoms with Crippen molar-refractivity contribution in [3.05, 3.63) is 36.3 Å². The van der Waals surface area contributed by atoms with Gasteiger partial charge in [-0.05, 0) is 44.7 Å². The van der Waals surface area contributed by atoms with Crippen LogP contribution in [0.4, 0.5) is 23.7 Å². The van der Waals surface area contributed by atoms with Crippen LogP contribution >= 0.6 is 0 Å². The van der Waals surface area contributed by atoms with E-state index in [-0.39, 0.29) is 17.6 Å². The maximum atomic E-state index is 12.9. The molecule has 1 unspecified atom stereocenters. The lowest BCUT2D eigenvalue weighted by Crippen LogP contribution is -2.53. The zero-order chi connectivity index (χ0) is 20.2. The number of carbonyl (C=O) groups is 1. The number of aromatic nitrogens is 1. The van der Waals surface area contributed by atoms with Crippen LogP contribution in [-0.4, -0.2) is 34.2 Å². The first-order valence-corrected chi connectivity index (χ1v) is 8.39. The highest BCUT2D eigenvalue weighted by Gasteiger charge is 2.52. The first-order valence-electron chi connectivity index (χ1n) is 8.39. The Bertz CT molecular complexity index is 730. The Balaban J connectivity index is 1.89. The number of rotatable bonds is 6. The van der Waals surface area contributed by atoms with E-state index in [4.69, 9.17) is 5.41 Å². The van der Waals surface area contributed by atoms with Gasteiger partial charge >= 0.3 is 12.2 Å². The second-order valence-corrected chi connectivity index (χ2v) is 6.66. The van der Waals surface area contributed by atoms with Crippen LogP contribution < -0.4 is 21.4 Å². The Labute approximate surface area is 154 Å². The molecule has 1 saturated carbocycles. The summed E-state index contributed by atoms with van der Waals surface area (Å²) < 4.78 is 38.7. The van der Waals surface area contributed by atoms with E-state index in [1.54, 1.807) is 0 Å². The molecule has 1 aliphatic rings. The second-order valence-electron chi connectivity index (χ2n) is 6.66. The summed E-state index contributed by atoms with van der Waals surface area (Å²) in [5.74, 6) is 0.559. The normalized spacial score (nSPS) is 17.9. The van der Waals surface area contributed by atoms with Gasteiger partial charge in [0.25, 0.3) is 5.84 Å². The molecule has 1 aromatic rings. The van der Waals surface area contributed by atoms with E-state index in [0.29, 0.717) is 12.8 Å². The summed E-state index contributed by atoms with van der Waals surface area (Å²) in [6, 6.07) is 2.14. The molecule has 1 aliphatic carbocycles. The van der Waals surface area contributed by atoms with E-state index in [1.807, 2.05) is 6.92 Å². The fourth-order valence-corrected chi connectivity index (χ4v) is 2.29. The van der Waals surface area contributed by atoms with Gasteiger partial charge in [0.2, 0.25) is 0 Å². The molecule has 0 bridgehead atoms. The van der Waals surface area contributed by atoms with E-state index in [1.165, 1.54) is 18.3 Å². The van der Waals surface area contributed by atoms with Crippen molar-refractivity contribution in [2.75, 3.05) is 5.32 Å². The molecule has 2 atom stereocenters. The number of amidine groups is 1. The van der Waals surface area contributed by atoms with Gasteiger partial charge in [0.15, 0.2) is 5.60 Å². The van der Waals surface area contributed by atoms with Gasteiger partial charge in [-0.1, -0.05) is 0 Å². The van der Waals surface area contributed by atoms with Crippen LogP contribution in [0.5, 0.6) is 0 Å². The van der Waals surface area contributed by atoms with Crippen molar-refractivity contribution in [3.8, 4) is 0 Å². The Morgan fingerprint density at radius 3 is 2.70 bits per heavy atom. The predicted octanol–water partition coefficient (Wildman–Crippen LogP) is 1.03. The van der Waals surface area contributed by atoms with Crippen LogP contribution in [0.3, 0.4) is 0 Å². The molecule has 0 aromatic carbocycles. The number of carbonyl (C=O) groups excluding carboxylic acids is 1. The van der Waals surface area contributed by atoms with Gasteiger partial charge in [0.05, 0.1) is 5.69 Å². The van der Waals surface area contributed by atoms with Crippen molar-refractivity contribution in [2.45, 2.75) is 44.5 Å². The van der Waals surface area contributed by atoms with E-state index in [9.17, 15) is 23.1 Å². The van der Waals surface area contributed by atoms with Crippen molar-refractivity contribution in [1.29, 1.82) is 0 Å². The quantitative estimate of drug-likeness (QED) is 0.371. The Kier molecular flexibility index (Phi) is 6.09. The number of anilines is 1. The molecular formula is C17H23F3N5O2+. The standard InChI is InChI=1S/C17H22F3N5O2/c1-10(11-3-4-11)24-15(26)25-14(21)6-8-22-12-5-7-23-13(9-12)16(2,27)17(18,19)20/h5-11,27H,3-4H2,1-2H3,(H,22,23)(H3,21,24,25,26)/p+1/b8-6-/t10-,16?/m0/s1. The molecule has 1 fully saturated rings. The number of nitrogens with two attached hydrogens (primary N) is 1. The van der Waals surface area contributed by atoms with E-state index in [0.717, 1.165) is 25.1 Å². The molecule has 0 radical (unpaired) electrons. The molecule has 7 nitrogen and oxygen atoms in total. The number of aliphatic hydroxyl groups is 1. The minimum absolute atomic E-state index is 0.0552. The maximum Gasteiger partial charge on any atom is 0.422 e. The fraction of sp³-hybridized carbons (Fsp3) is 0.471. The van der Waals surface area contributed by atoms with Gasteiger partial charge in [-0.2, -0.15) is 18.5 Å². The Morgan fingerprint density at radius 2 is 2.11 bits per heavy atom. The summed E-state index contributed by atoms with van der Waals surface area (Å²) in [6.07, 6.45) is 1.18. The number of nitrogens with one attached hydrogen (secondary N) is 3. The summed E-state index contributed by atoms with van der Waals surface area (Å²) in [7, 11) is 0. The lowest BCUT2D eigenvalue weighted by Gasteiger charge is -2.25. The highest BCUT2D eigenvalue weighted by molar-refractivity contribution is 6.00. The summed E-state index contributed by atoms with van der Waals surface area (Å²) in [6.45, 7) is 2.55. The van der Waals surface area contributed by atoms with Crippen molar-refractivity contribution < 1.29 is 28.5 Å². The first-order chi connectivity index (χ1) is 12.5. The number of halogens is 3. The predicted molar refractivity (Wildman–Crippen MR) is 93.4 cm³/mol. The minimum Gasteiger partial charge on any atom is -0.375 e. The second kappa shape index (κ2) is 7.95. The molecule has 10 heteroatoms. The van der Waals surface area contributed by atoms with Crippen molar-refractivity contribution >= 4 is 17.6 Å². The van der Waals surface area contributed by atoms with Gasteiger partial charge in [-0.3, -0.25) is 10.4 Å². The maximum absolute atomic E-state index is 12.9. The zero-order valence-electron chi connectivity index (χ0n) is 15.0. The molecule has 0 saturated heterocycles. The number of alkyl halides is 3. The lowest BCUT2D eigenvalue weighted by molar-refractivity contribution is -0.260. The Morgan fingerprint density at radius 1 is 1.44 bits per heavy atom. The number of pyridine rings is 1. The highest BCUT2D eigenvalue weighted by atomic mass is 19.4. The number of nitrogens with zero attached hydrogens (tertiary/aromatic N) is 1. The van der Waals surface area contributed by atoms with Gasteiger partial charge in [0.1, 0.15) is 0 Å². The zero-order valence-corrected chi connectivity index (χ0v) is 15.0. The van der Waals surface area contributed by atoms with Crippen molar-refractivity contribution in [2.24, 2.45) is 5.92 Å². The van der Waals surface area contributed by atoms with Gasteiger partial charge in [0, 0.05) is 30.2 Å². The third-order valence-corrected chi connectivity index (χ3v) is 4.27. The minimum atomic E-state index is -4.86. The number of hydrogen-bond acceptors (Lipinski definition) is 4. The smallest absolute Gasteiger partial charge is 0.375 e. The summed E-state index contributed by atoms with van der Waals surface area (Å²) in [5, 5.41) is 23.3. The summed E-state index contributed by atoms with van der Waals surface area (Å²) >= 11 is 0. The lowest BCUT2D eigenvalue weighted by atomic mass is 10.0. The molecule has 1 aromatic heterocycles. The third-order valence-electron chi connectivity index (χ3n) is 4.27. The fourth-order valence-electron chi connectivity index (χ4n) is 2.29. The molecular weight excluding hydrogens is 363 g/mol. The van der Waals surface area contributed by atoms with Crippen LogP contribution in [0, 0.1) is 5.92 Å². The van der Waals surface area contributed by atoms with Crippen LogP contribution in [0.1, 0.15) is 32.4 Å². The average Bonchev–Trinajstić information content (AvgIpc) is 3.38. The first kappa shape index (κ1) is 20.7. The molecule has 0 spiro atoms. The van der Waals surface area contributed by atoms with Crippen molar-refractivity contribution in [1.82, 2.24) is 15.6 Å². The SMILES string of the molecule is C[C@H](NC(=O)NC(=[NH2+])/C=C\Nc1ccnc(C(C)(O)C(F)(F)F)c1)C1CC1. The number of hydrogen-bond donors (Lipinski definition) is 5. The van der Waals surface area contributed by atoms with Crippen LogP contribution in [-0.2, 0) is 5.60 Å². The van der Waals surface area contributed by atoms with Gasteiger partial charge in [-0.15, -0.1) is 0 Å². The van der Waals surface area contributed by atoms with Crippen molar-refractivity contribution in [3.63, 3.8) is 0 Å². The summed E-state index contributed by atoms with van der Waals surface area (Å²) in [4.78, 5) is 15.3. The molecule has 2 amide bonds. The highest BCUT2D eigenvalue weighted by Crippen LogP contribution is 2.38. The molecule has 1 heterocycles. The average molecular weight is 386 g/mol. The van der Waals surface area contributed by atoms with Crippen LogP contribution in [0.25, 0.3) is 0 Å². The largest absolute Gasteiger partial charge is 0.422 e. The van der Waals surface area contributed by atoms with Crippen LogP contribution in [0.15, 0.2) is 30.6 Å². The van der Waals surface area contributed by atoms with E-state index < -0.39 is 23.5 Å². The number of urea groups is 1. The molecule has 27 heavy (non-hydrogen) atoms. The van der Waals surface area contributed by atoms with Gasteiger partial charge < -0.3 is 15.7 Å². The van der Waals surface area contributed by atoms with Gasteiger partial charge in [-0.25, -0.2) is 4.79 Å². The van der Waals surface area contributed by atoms with E-state index >= 15 is 0 Å². The Hall–Kier alpha value is -2.62. The monoisotopic (exact) mass is 386 g/mol. The molecule has 148 valence electrons. The third kappa shape index (κ3) is 5.68. The van der Waals surface area contributed by atoms with Crippen LogP contribution in [0.2, 0.25) is 0 Å². The molecule has 0 aliphatic heterocycles. The number of amides is 2. The summed E-state index contributed by atoms with van der Waals surface area (Å²) in [5.41, 5.74) is -3.35. The molecule has 6 N–H and O–H groups in total. The topological polar surface area (TPSA) is 112 Å². The van der Waals surface area contributed by atoms with E-state index in [2.05, 4.69) is 20.9 Å². The molecule has 2 rings (SSSR count).